The number of imidazole rings is 1. The third-order valence-corrected chi connectivity index (χ3v) is 6.45. The van der Waals surface area contributed by atoms with Crippen LogP contribution in [-0.2, 0) is 13.1 Å². The first kappa shape index (κ1) is 28.1. The Kier molecular flexibility index (Phi) is 7.91. The highest BCUT2D eigenvalue weighted by Gasteiger charge is 2.39. The standard InChI is InChI=1S/C23H18Cl3F4N5O3/c1-11(36)21-31-18(32-35(21)14-6-7-15(25)16(27)8-14)10-34-20(26)19(12-2-4-13(24)5-3-12)33(22(34)38)9-17(37)23(28,29)30/h2-8,11,17,36-37H,9-10H2,1H3. The zero-order chi connectivity index (χ0) is 27.9. The molecule has 0 aliphatic rings. The number of hydrogen-bond acceptors (Lipinski definition) is 5. The molecule has 2 aromatic heterocycles. The number of aromatic nitrogens is 5. The Morgan fingerprint density at radius 3 is 2.26 bits per heavy atom. The average Bonchev–Trinajstić information content (AvgIpc) is 3.36. The highest BCUT2D eigenvalue weighted by atomic mass is 35.5. The maximum absolute atomic E-state index is 14.0. The van der Waals surface area contributed by atoms with Gasteiger partial charge in [0.2, 0.25) is 0 Å². The minimum Gasteiger partial charge on any atom is -0.385 e. The van der Waals surface area contributed by atoms with Gasteiger partial charge in [-0.15, -0.1) is 5.10 Å². The van der Waals surface area contributed by atoms with E-state index in [4.69, 9.17) is 34.8 Å². The fourth-order valence-corrected chi connectivity index (χ4v) is 4.27. The van der Waals surface area contributed by atoms with Crippen molar-refractivity contribution >= 4 is 34.8 Å². The van der Waals surface area contributed by atoms with E-state index in [1.54, 1.807) is 0 Å². The number of benzene rings is 2. The van der Waals surface area contributed by atoms with Crippen molar-refractivity contribution in [1.29, 1.82) is 0 Å². The first-order valence-corrected chi connectivity index (χ1v) is 12.0. The summed E-state index contributed by atoms with van der Waals surface area (Å²) < 4.78 is 56.2. The van der Waals surface area contributed by atoms with Crippen LogP contribution in [0, 0.1) is 5.82 Å². The Balaban J connectivity index is 1.82. The van der Waals surface area contributed by atoms with Crippen molar-refractivity contribution in [3.05, 3.63) is 85.6 Å². The monoisotopic (exact) mass is 593 g/mol. The van der Waals surface area contributed by atoms with Crippen molar-refractivity contribution in [2.24, 2.45) is 0 Å². The summed E-state index contributed by atoms with van der Waals surface area (Å²) in [7, 11) is 0. The predicted octanol–water partition coefficient (Wildman–Crippen LogP) is 5.02. The van der Waals surface area contributed by atoms with Crippen LogP contribution in [0.5, 0.6) is 0 Å². The maximum atomic E-state index is 14.0. The summed E-state index contributed by atoms with van der Waals surface area (Å²) in [5, 5.41) is 24.1. The first-order chi connectivity index (χ1) is 17.8. The van der Waals surface area contributed by atoms with Crippen molar-refractivity contribution in [3.63, 3.8) is 0 Å². The summed E-state index contributed by atoms with van der Waals surface area (Å²) in [5.41, 5.74) is -0.625. The molecule has 2 aromatic carbocycles. The molecule has 0 aliphatic carbocycles. The van der Waals surface area contributed by atoms with Gasteiger partial charge >= 0.3 is 11.9 Å². The van der Waals surface area contributed by atoms with Crippen LogP contribution in [0.2, 0.25) is 15.2 Å². The molecule has 8 nitrogen and oxygen atoms in total. The first-order valence-electron chi connectivity index (χ1n) is 10.9. The van der Waals surface area contributed by atoms with Gasteiger partial charge in [-0.25, -0.2) is 18.9 Å². The van der Waals surface area contributed by atoms with E-state index in [2.05, 4.69) is 10.1 Å². The third-order valence-electron chi connectivity index (χ3n) is 5.51. The molecule has 0 fully saturated rings. The van der Waals surface area contributed by atoms with E-state index in [0.717, 1.165) is 15.3 Å². The van der Waals surface area contributed by atoms with Crippen molar-refractivity contribution in [2.75, 3.05) is 0 Å². The zero-order valence-corrected chi connectivity index (χ0v) is 21.6. The van der Waals surface area contributed by atoms with Gasteiger partial charge in [-0.2, -0.15) is 13.2 Å². The zero-order valence-electron chi connectivity index (χ0n) is 19.3. The van der Waals surface area contributed by atoms with Crippen LogP contribution in [0.15, 0.2) is 47.3 Å². The van der Waals surface area contributed by atoms with Crippen molar-refractivity contribution in [3.8, 4) is 16.9 Å². The molecule has 0 saturated carbocycles. The summed E-state index contributed by atoms with van der Waals surface area (Å²) in [6.45, 7) is -0.155. The SMILES string of the molecule is CC(O)c1nc(Cn2c(Cl)c(-c3ccc(Cl)cc3)n(CC(O)C(F)(F)F)c2=O)nn1-c1ccc(Cl)c(F)c1. The van der Waals surface area contributed by atoms with Gasteiger partial charge in [0.25, 0.3) is 0 Å². The smallest absolute Gasteiger partial charge is 0.385 e. The van der Waals surface area contributed by atoms with E-state index < -0.39 is 43.0 Å². The molecule has 0 radical (unpaired) electrons. The van der Waals surface area contributed by atoms with Gasteiger partial charge in [-0.05, 0) is 31.2 Å². The average molecular weight is 595 g/mol. The fourth-order valence-electron chi connectivity index (χ4n) is 3.68. The quantitative estimate of drug-likeness (QED) is 0.293. The molecule has 0 aliphatic heterocycles. The molecular weight excluding hydrogens is 577 g/mol. The molecule has 2 atom stereocenters. The van der Waals surface area contributed by atoms with Gasteiger partial charge in [0.05, 0.1) is 29.5 Å². The van der Waals surface area contributed by atoms with Crippen molar-refractivity contribution < 1.29 is 27.8 Å². The lowest BCUT2D eigenvalue weighted by Gasteiger charge is -2.16. The van der Waals surface area contributed by atoms with E-state index in [1.165, 1.54) is 43.3 Å². The van der Waals surface area contributed by atoms with Gasteiger partial charge in [0.1, 0.15) is 17.1 Å². The lowest BCUT2D eigenvalue weighted by atomic mass is 10.1. The highest BCUT2D eigenvalue weighted by molar-refractivity contribution is 6.32. The van der Waals surface area contributed by atoms with Crippen LogP contribution >= 0.6 is 34.8 Å². The van der Waals surface area contributed by atoms with Crippen LogP contribution in [-0.4, -0.2) is 46.4 Å². The summed E-state index contributed by atoms with van der Waals surface area (Å²) in [5.74, 6) is -0.808. The second-order valence-corrected chi connectivity index (χ2v) is 9.46. The molecule has 0 saturated heterocycles. The van der Waals surface area contributed by atoms with Gasteiger partial charge in [0, 0.05) is 16.7 Å². The molecule has 2 N–H and O–H groups in total. The fraction of sp³-hybridized carbons (Fsp3) is 0.261. The minimum absolute atomic E-state index is 0.00394. The molecule has 202 valence electrons. The number of rotatable bonds is 7. The summed E-state index contributed by atoms with van der Waals surface area (Å²) in [6.07, 6.45) is -9.01. The van der Waals surface area contributed by atoms with Gasteiger partial charge in [-0.3, -0.25) is 9.13 Å². The van der Waals surface area contributed by atoms with Crippen LogP contribution in [0.3, 0.4) is 0 Å². The lowest BCUT2D eigenvalue weighted by Crippen LogP contribution is -2.37. The highest BCUT2D eigenvalue weighted by Crippen LogP contribution is 2.31. The second kappa shape index (κ2) is 10.7. The Morgan fingerprint density at radius 2 is 1.68 bits per heavy atom. The number of nitrogens with zero attached hydrogens (tertiary/aromatic N) is 5. The Bertz CT molecular complexity index is 1530. The second-order valence-electron chi connectivity index (χ2n) is 8.26. The van der Waals surface area contributed by atoms with E-state index in [-0.39, 0.29) is 38.8 Å². The van der Waals surface area contributed by atoms with Crippen LogP contribution in [0.4, 0.5) is 17.6 Å². The molecule has 0 amide bonds. The van der Waals surface area contributed by atoms with E-state index in [1.807, 2.05) is 0 Å². The van der Waals surface area contributed by atoms with E-state index in [9.17, 15) is 32.6 Å². The molecule has 0 spiro atoms. The lowest BCUT2D eigenvalue weighted by molar-refractivity contribution is -0.207. The molecule has 2 unspecified atom stereocenters. The molecular formula is C23H18Cl3F4N5O3. The molecule has 4 rings (SSSR count). The molecule has 4 aromatic rings. The number of hydrogen-bond donors (Lipinski definition) is 2. The predicted molar refractivity (Wildman–Crippen MR) is 132 cm³/mol. The molecule has 2 heterocycles. The van der Waals surface area contributed by atoms with E-state index >= 15 is 0 Å². The Labute approximate surface area is 227 Å². The summed E-state index contributed by atoms with van der Waals surface area (Å²) in [4.78, 5) is 17.5. The third kappa shape index (κ3) is 5.59. The van der Waals surface area contributed by atoms with Crippen LogP contribution in [0.25, 0.3) is 16.9 Å². The Morgan fingerprint density at radius 1 is 1.03 bits per heavy atom. The number of aliphatic hydroxyl groups excluding tert-OH is 2. The van der Waals surface area contributed by atoms with E-state index in [0.29, 0.717) is 9.59 Å². The largest absolute Gasteiger partial charge is 0.416 e. The van der Waals surface area contributed by atoms with Crippen molar-refractivity contribution in [1.82, 2.24) is 23.9 Å². The molecule has 38 heavy (non-hydrogen) atoms. The summed E-state index contributed by atoms with van der Waals surface area (Å²) >= 11 is 18.1. The molecule has 0 bridgehead atoms. The molecule has 15 heteroatoms. The summed E-state index contributed by atoms with van der Waals surface area (Å²) in [6, 6.07) is 9.62. The Hall–Kier alpha value is -2.90. The van der Waals surface area contributed by atoms with Crippen molar-refractivity contribution in [2.45, 2.75) is 38.4 Å². The van der Waals surface area contributed by atoms with Gasteiger partial charge in [0.15, 0.2) is 17.8 Å². The normalized spacial score (nSPS) is 13.6. The number of alkyl halides is 3. The topological polar surface area (TPSA) is 98.1 Å². The minimum atomic E-state index is -4.99. The number of halogens is 7. The van der Waals surface area contributed by atoms with Crippen LogP contribution in [0.1, 0.15) is 24.7 Å². The number of aliphatic hydroxyl groups is 2. The van der Waals surface area contributed by atoms with Gasteiger partial charge in [-0.1, -0.05) is 46.9 Å². The maximum Gasteiger partial charge on any atom is 0.416 e. The van der Waals surface area contributed by atoms with Gasteiger partial charge < -0.3 is 10.2 Å². The van der Waals surface area contributed by atoms with Crippen LogP contribution < -0.4 is 5.69 Å².